The van der Waals surface area contributed by atoms with Gasteiger partial charge in [0.05, 0.1) is 0 Å². The quantitative estimate of drug-likeness (QED) is 0.841. The second-order valence-electron chi connectivity index (χ2n) is 4.89. The first-order chi connectivity index (χ1) is 8.20. The molecule has 1 aliphatic heterocycles. The summed E-state index contributed by atoms with van der Waals surface area (Å²) in [7, 11) is 2.04. The molecule has 2 N–H and O–H groups in total. The summed E-state index contributed by atoms with van der Waals surface area (Å²) in [5.74, 6) is 0.340. The van der Waals surface area contributed by atoms with Crippen molar-refractivity contribution >= 4 is 0 Å². The van der Waals surface area contributed by atoms with E-state index in [1.807, 2.05) is 19.2 Å². The molecule has 0 amide bonds. The molecule has 0 aliphatic carbocycles. The number of phenols is 1. The molecule has 0 bridgehead atoms. The van der Waals surface area contributed by atoms with E-state index in [1.54, 1.807) is 12.1 Å². The highest BCUT2D eigenvalue weighted by Crippen LogP contribution is 2.25. The van der Waals surface area contributed by atoms with Crippen LogP contribution in [-0.4, -0.2) is 36.2 Å². The Morgan fingerprint density at radius 1 is 1.35 bits per heavy atom. The highest BCUT2D eigenvalue weighted by atomic mass is 16.3. The van der Waals surface area contributed by atoms with Gasteiger partial charge >= 0.3 is 0 Å². The zero-order valence-electron chi connectivity index (χ0n) is 10.7. The van der Waals surface area contributed by atoms with Crippen molar-refractivity contribution in [3.05, 3.63) is 29.8 Å². The molecule has 2 rings (SSSR count). The molecule has 17 heavy (non-hydrogen) atoms. The summed E-state index contributed by atoms with van der Waals surface area (Å²) >= 11 is 0. The smallest absolute Gasteiger partial charge is 0.115 e. The van der Waals surface area contributed by atoms with Crippen molar-refractivity contribution in [1.29, 1.82) is 0 Å². The van der Waals surface area contributed by atoms with E-state index < -0.39 is 0 Å². The van der Waals surface area contributed by atoms with E-state index in [1.165, 1.54) is 24.9 Å². The maximum atomic E-state index is 9.31. The van der Waals surface area contributed by atoms with E-state index in [2.05, 4.69) is 17.1 Å². The summed E-state index contributed by atoms with van der Waals surface area (Å²) in [6.07, 6.45) is 2.53. The van der Waals surface area contributed by atoms with Crippen molar-refractivity contribution in [2.24, 2.45) is 0 Å². The third-order valence-corrected chi connectivity index (χ3v) is 3.78. The maximum absolute atomic E-state index is 9.31. The molecule has 1 aromatic rings. The molecule has 1 aromatic carbocycles. The van der Waals surface area contributed by atoms with Gasteiger partial charge in [-0.25, -0.2) is 0 Å². The zero-order chi connectivity index (χ0) is 12.3. The predicted molar refractivity (Wildman–Crippen MR) is 70.2 cm³/mol. The van der Waals surface area contributed by atoms with Crippen LogP contribution in [0.15, 0.2) is 24.3 Å². The Hall–Kier alpha value is -1.06. The second kappa shape index (κ2) is 5.52. The van der Waals surface area contributed by atoms with Gasteiger partial charge in [-0.05, 0) is 51.1 Å². The van der Waals surface area contributed by atoms with Crippen molar-refractivity contribution in [2.75, 3.05) is 20.1 Å². The van der Waals surface area contributed by atoms with Gasteiger partial charge in [0.2, 0.25) is 0 Å². The topological polar surface area (TPSA) is 35.5 Å². The fraction of sp³-hybridized carbons (Fsp3) is 0.571. The Morgan fingerprint density at radius 3 is 2.71 bits per heavy atom. The lowest BCUT2D eigenvalue weighted by Crippen LogP contribution is -2.45. The second-order valence-corrected chi connectivity index (χ2v) is 4.89. The number of phenolic OH excluding ortho intramolecular Hbond substituents is 1. The monoisotopic (exact) mass is 234 g/mol. The van der Waals surface area contributed by atoms with Gasteiger partial charge in [-0.2, -0.15) is 0 Å². The number of nitrogens with zero attached hydrogens (tertiary/aromatic N) is 1. The fourth-order valence-corrected chi connectivity index (χ4v) is 2.56. The van der Waals surface area contributed by atoms with Crippen LogP contribution in [0.2, 0.25) is 0 Å². The molecule has 0 radical (unpaired) electrons. The van der Waals surface area contributed by atoms with E-state index in [4.69, 9.17) is 0 Å². The summed E-state index contributed by atoms with van der Waals surface area (Å²) in [6, 6.07) is 8.61. The normalized spacial score (nSPS) is 23.5. The van der Waals surface area contributed by atoms with Crippen molar-refractivity contribution in [3.8, 4) is 5.75 Å². The molecule has 1 aliphatic rings. The first-order valence-electron chi connectivity index (χ1n) is 6.41. The SMILES string of the molecule is CNC1CCCN(C(C)c2ccc(O)cc2)C1. The molecule has 0 aromatic heterocycles. The Morgan fingerprint density at radius 2 is 2.06 bits per heavy atom. The maximum Gasteiger partial charge on any atom is 0.115 e. The van der Waals surface area contributed by atoms with Gasteiger partial charge in [-0.1, -0.05) is 12.1 Å². The molecule has 3 heteroatoms. The third-order valence-electron chi connectivity index (χ3n) is 3.78. The lowest BCUT2D eigenvalue weighted by molar-refractivity contribution is 0.149. The van der Waals surface area contributed by atoms with Crippen molar-refractivity contribution in [1.82, 2.24) is 10.2 Å². The summed E-state index contributed by atoms with van der Waals surface area (Å²) in [6.45, 7) is 4.52. The van der Waals surface area contributed by atoms with Crippen LogP contribution in [0.4, 0.5) is 0 Å². The van der Waals surface area contributed by atoms with Crippen LogP contribution < -0.4 is 5.32 Å². The molecule has 0 saturated carbocycles. The van der Waals surface area contributed by atoms with E-state index in [9.17, 15) is 5.11 Å². The first kappa shape index (κ1) is 12.4. The molecule has 1 heterocycles. The average Bonchev–Trinajstić information content (AvgIpc) is 2.39. The standard InChI is InChI=1S/C14H22N2O/c1-11(12-5-7-14(17)8-6-12)16-9-3-4-13(10-16)15-2/h5-8,11,13,15,17H,3-4,9-10H2,1-2H3. The van der Waals surface area contributed by atoms with E-state index in [0.29, 0.717) is 17.8 Å². The predicted octanol–water partition coefficient (Wildman–Crippen LogP) is 2.14. The van der Waals surface area contributed by atoms with Crippen LogP contribution >= 0.6 is 0 Å². The summed E-state index contributed by atoms with van der Waals surface area (Å²) < 4.78 is 0. The molecule has 3 nitrogen and oxygen atoms in total. The summed E-state index contributed by atoms with van der Waals surface area (Å²) in [5.41, 5.74) is 1.28. The average molecular weight is 234 g/mol. The lowest BCUT2D eigenvalue weighted by Gasteiger charge is -2.37. The molecule has 1 fully saturated rings. The fourth-order valence-electron chi connectivity index (χ4n) is 2.56. The Balaban J connectivity index is 2.03. The number of piperidine rings is 1. The molecule has 1 saturated heterocycles. The number of likely N-dealkylation sites (tertiary alicyclic amines) is 1. The summed E-state index contributed by atoms with van der Waals surface area (Å²) in [4.78, 5) is 2.51. The van der Waals surface area contributed by atoms with Gasteiger partial charge in [-0.3, -0.25) is 4.90 Å². The molecule has 2 unspecified atom stereocenters. The van der Waals surface area contributed by atoms with Crippen LogP contribution in [0, 0.1) is 0 Å². The third kappa shape index (κ3) is 2.99. The van der Waals surface area contributed by atoms with Gasteiger partial charge in [0, 0.05) is 18.6 Å². The number of rotatable bonds is 3. The largest absolute Gasteiger partial charge is 0.508 e. The van der Waals surface area contributed by atoms with Gasteiger partial charge in [0.15, 0.2) is 0 Å². The van der Waals surface area contributed by atoms with E-state index in [0.717, 1.165) is 6.54 Å². The molecule has 0 spiro atoms. The van der Waals surface area contributed by atoms with Gasteiger partial charge < -0.3 is 10.4 Å². The van der Waals surface area contributed by atoms with Crippen molar-refractivity contribution in [2.45, 2.75) is 31.8 Å². The number of likely N-dealkylation sites (N-methyl/N-ethyl adjacent to an activating group) is 1. The molecule has 94 valence electrons. The van der Waals surface area contributed by atoms with Crippen molar-refractivity contribution in [3.63, 3.8) is 0 Å². The van der Waals surface area contributed by atoms with Gasteiger partial charge in [-0.15, -0.1) is 0 Å². The van der Waals surface area contributed by atoms with E-state index >= 15 is 0 Å². The minimum absolute atomic E-state index is 0.340. The number of aromatic hydroxyl groups is 1. The number of benzene rings is 1. The zero-order valence-corrected chi connectivity index (χ0v) is 10.7. The Bertz CT molecular complexity index is 350. The van der Waals surface area contributed by atoms with E-state index in [-0.39, 0.29) is 0 Å². The minimum atomic E-state index is 0.340. The van der Waals surface area contributed by atoms with Crippen LogP contribution in [0.25, 0.3) is 0 Å². The number of hydrogen-bond donors (Lipinski definition) is 2. The highest BCUT2D eigenvalue weighted by Gasteiger charge is 2.23. The van der Waals surface area contributed by atoms with Crippen molar-refractivity contribution < 1.29 is 5.11 Å². The highest BCUT2D eigenvalue weighted by molar-refractivity contribution is 5.27. The number of hydrogen-bond acceptors (Lipinski definition) is 3. The van der Waals surface area contributed by atoms with Crippen LogP contribution in [0.1, 0.15) is 31.4 Å². The Kier molecular flexibility index (Phi) is 4.02. The van der Waals surface area contributed by atoms with Crippen LogP contribution in [0.5, 0.6) is 5.75 Å². The first-order valence-corrected chi connectivity index (χ1v) is 6.41. The molecule has 2 atom stereocenters. The van der Waals surface area contributed by atoms with Crippen LogP contribution in [-0.2, 0) is 0 Å². The molecular formula is C14H22N2O. The molecular weight excluding hydrogens is 212 g/mol. The van der Waals surface area contributed by atoms with Gasteiger partial charge in [0.25, 0.3) is 0 Å². The number of nitrogens with one attached hydrogen (secondary N) is 1. The minimum Gasteiger partial charge on any atom is -0.508 e. The Labute approximate surface area is 103 Å². The van der Waals surface area contributed by atoms with Gasteiger partial charge in [0.1, 0.15) is 5.75 Å². The van der Waals surface area contributed by atoms with Crippen LogP contribution in [0.3, 0.4) is 0 Å². The summed E-state index contributed by atoms with van der Waals surface area (Å²) in [5, 5.41) is 12.7. The lowest BCUT2D eigenvalue weighted by atomic mass is 10.0.